The summed E-state index contributed by atoms with van der Waals surface area (Å²) in [6.45, 7) is 11.5. The van der Waals surface area contributed by atoms with E-state index >= 15 is 0 Å². The highest BCUT2D eigenvalue weighted by Gasteiger charge is 2.14. The van der Waals surface area contributed by atoms with E-state index in [-0.39, 0.29) is 0 Å². The summed E-state index contributed by atoms with van der Waals surface area (Å²) >= 11 is 0. The van der Waals surface area contributed by atoms with Gasteiger partial charge in [-0.25, -0.2) is 0 Å². The largest absolute Gasteiger partial charge is 0.345 e. The van der Waals surface area contributed by atoms with Gasteiger partial charge in [-0.2, -0.15) is 0 Å². The minimum absolute atomic E-state index is 0.526. The molecule has 1 unspecified atom stereocenters. The smallest absolute Gasteiger partial charge is 0.0485 e. The molecule has 2 aromatic rings. The number of benzene rings is 1. The first-order valence-corrected chi connectivity index (χ1v) is 7.09. The van der Waals surface area contributed by atoms with Crippen molar-refractivity contribution in [2.45, 2.75) is 47.1 Å². The van der Waals surface area contributed by atoms with Crippen LogP contribution in [0.5, 0.6) is 0 Å². The molecule has 2 rings (SSSR count). The van der Waals surface area contributed by atoms with Crippen LogP contribution < -0.4 is 0 Å². The van der Waals surface area contributed by atoms with Gasteiger partial charge >= 0.3 is 0 Å². The fourth-order valence-corrected chi connectivity index (χ4v) is 2.45. The van der Waals surface area contributed by atoms with Crippen molar-refractivity contribution in [3.63, 3.8) is 0 Å². The molecule has 0 fully saturated rings. The Morgan fingerprint density at radius 3 is 2.28 bits per heavy atom. The van der Waals surface area contributed by atoms with E-state index in [9.17, 15) is 0 Å². The Bertz CT molecular complexity index is 519. The summed E-state index contributed by atoms with van der Waals surface area (Å²) in [6, 6.07) is 9.31. The van der Waals surface area contributed by atoms with Crippen molar-refractivity contribution in [3.8, 4) is 0 Å². The highest BCUT2D eigenvalue weighted by molar-refractivity contribution is 5.84. The molecule has 0 amide bonds. The maximum absolute atomic E-state index is 2.40. The summed E-state index contributed by atoms with van der Waals surface area (Å²) in [5.41, 5.74) is 2.87. The Morgan fingerprint density at radius 2 is 1.67 bits per heavy atom. The zero-order valence-electron chi connectivity index (χ0n) is 12.3. The SMILES string of the molecule is CC(C)C(C)Cc1cn(C(C)C)c2ccccc12. The van der Waals surface area contributed by atoms with Gasteiger partial charge in [-0.05, 0) is 43.7 Å². The van der Waals surface area contributed by atoms with Gasteiger partial charge in [0.2, 0.25) is 0 Å². The van der Waals surface area contributed by atoms with Gasteiger partial charge in [0.1, 0.15) is 0 Å². The van der Waals surface area contributed by atoms with Crippen LogP contribution in [-0.4, -0.2) is 4.57 Å². The topological polar surface area (TPSA) is 4.93 Å². The molecule has 1 nitrogen and oxygen atoms in total. The van der Waals surface area contributed by atoms with Crippen molar-refractivity contribution in [1.29, 1.82) is 0 Å². The molecule has 0 saturated carbocycles. The van der Waals surface area contributed by atoms with Crippen molar-refractivity contribution in [1.82, 2.24) is 4.57 Å². The summed E-state index contributed by atoms with van der Waals surface area (Å²) in [7, 11) is 0. The van der Waals surface area contributed by atoms with E-state index in [4.69, 9.17) is 0 Å². The fraction of sp³-hybridized carbons (Fsp3) is 0.529. The van der Waals surface area contributed by atoms with Crippen LogP contribution in [0.15, 0.2) is 30.5 Å². The monoisotopic (exact) mass is 243 g/mol. The molecule has 1 heteroatoms. The van der Waals surface area contributed by atoms with Crippen molar-refractivity contribution in [2.75, 3.05) is 0 Å². The number of nitrogens with zero attached hydrogens (tertiary/aromatic N) is 1. The van der Waals surface area contributed by atoms with Crippen LogP contribution in [0.3, 0.4) is 0 Å². The Balaban J connectivity index is 2.45. The standard InChI is InChI=1S/C17H25N/c1-12(2)14(5)10-15-11-18(13(3)4)17-9-7-6-8-16(15)17/h6-9,11-14H,10H2,1-5H3. The van der Waals surface area contributed by atoms with E-state index in [1.54, 1.807) is 0 Å². The first-order chi connectivity index (χ1) is 8.50. The minimum atomic E-state index is 0.526. The average Bonchev–Trinajstić information content (AvgIpc) is 2.68. The quantitative estimate of drug-likeness (QED) is 0.707. The van der Waals surface area contributed by atoms with E-state index in [1.165, 1.54) is 22.9 Å². The molecule has 0 aliphatic rings. The molecular formula is C17H25N. The lowest BCUT2D eigenvalue weighted by molar-refractivity contribution is 0.417. The Morgan fingerprint density at radius 1 is 1.00 bits per heavy atom. The zero-order chi connectivity index (χ0) is 13.3. The van der Waals surface area contributed by atoms with Crippen LogP contribution in [0, 0.1) is 11.8 Å². The van der Waals surface area contributed by atoms with Crippen LogP contribution in [0.1, 0.15) is 46.2 Å². The predicted octanol–water partition coefficient (Wildman–Crippen LogP) is 5.06. The van der Waals surface area contributed by atoms with Gasteiger partial charge in [0.05, 0.1) is 0 Å². The first-order valence-electron chi connectivity index (χ1n) is 7.09. The van der Waals surface area contributed by atoms with Crippen LogP contribution >= 0.6 is 0 Å². The molecule has 98 valence electrons. The molecule has 0 radical (unpaired) electrons. The van der Waals surface area contributed by atoms with Crippen molar-refractivity contribution in [3.05, 3.63) is 36.0 Å². The highest BCUT2D eigenvalue weighted by Crippen LogP contribution is 2.28. The van der Waals surface area contributed by atoms with Gasteiger partial charge < -0.3 is 4.57 Å². The molecule has 0 aliphatic carbocycles. The third kappa shape index (κ3) is 2.45. The minimum Gasteiger partial charge on any atom is -0.345 e. The molecule has 1 heterocycles. The number of hydrogen-bond donors (Lipinski definition) is 0. The lowest BCUT2D eigenvalue weighted by Gasteiger charge is -2.14. The lowest BCUT2D eigenvalue weighted by Crippen LogP contribution is -2.07. The molecule has 1 aromatic heterocycles. The molecule has 0 saturated heterocycles. The second kappa shape index (κ2) is 5.17. The Hall–Kier alpha value is -1.24. The number of fused-ring (bicyclic) bond motifs is 1. The number of rotatable bonds is 4. The third-order valence-corrected chi connectivity index (χ3v) is 4.06. The third-order valence-electron chi connectivity index (χ3n) is 4.06. The molecule has 1 aromatic carbocycles. The molecule has 0 spiro atoms. The molecule has 0 aliphatic heterocycles. The Kier molecular flexibility index (Phi) is 3.79. The van der Waals surface area contributed by atoms with Gasteiger partial charge in [-0.15, -0.1) is 0 Å². The molecule has 1 atom stereocenters. The molecule has 18 heavy (non-hydrogen) atoms. The van der Waals surface area contributed by atoms with E-state index in [1.807, 2.05) is 0 Å². The van der Waals surface area contributed by atoms with Gasteiger partial charge in [0, 0.05) is 23.1 Å². The molecular weight excluding hydrogens is 218 g/mol. The predicted molar refractivity (Wildman–Crippen MR) is 80.0 cm³/mol. The van der Waals surface area contributed by atoms with Gasteiger partial charge in [0.15, 0.2) is 0 Å². The lowest BCUT2D eigenvalue weighted by atomic mass is 9.91. The second-order valence-electron chi connectivity index (χ2n) is 6.10. The van der Waals surface area contributed by atoms with Crippen molar-refractivity contribution < 1.29 is 0 Å². The molecule has 0 N–H and O–H groups in total. The van der Waals surface area contributed by atoms with Crippen LogP contribution in [0.4, 0.5) is 0 Å². The van der Waals surface area contributed by atoms with Crippen LogP contribution in [0.2, 0.25) is 0 Å². The summed E-state index contributed by atoms with van der Waals surface area (Å²) in [4.78, 5) is 0. The van der Waals surface area contributed by atoms with Crippen molar-refractivity contribution in [2.24, 2.45) is 11.8 Å². The van der Waals surface area contributed by atoms with Crippen molar-refractivity contribution >= 4 is 10.9 Å². The highest BCUT2D eigenvalue weighted by atomic mass is 15.0. The van der Waals surface area contributed by atoms with Gasteiger partial charge in [-0.3, -0.25) is 0 Å². The number of aromatic nitrogens is 1. The Labute approximate surface area is 111 Å². The number of hydrogen-bond acceptors (Lipinski definition) is 0. The van der Waals surface area contributed by atoms with E-state index < -0.39 is 0 Å². The second-order valence-corrected chi connectivity index (χ2v) is 6.10. The van der Waals surface area contributed by atoms with E-state index in [0.29, 0.717) is 6.04 Å². The van der Waals surface area contributed by atoms with Gasteiger partial charge in [0.25, 0.3) is 0 Å². The maximum Gasteiger partial charge on any atom is 0.0485 e. The molecule has 0 bridgehead atoms. The fourth-order valence-electron chi connectivity index (χ4n) is 2.45. The zero-order valence-corrected chi connectivity index (χ0v) is 12.3. The summed E-state index contributed by atoms with van der Waals surface area (Å²) < 4.78 is 2.40. The maximum atomic E-state index is 2.40. The summed E-state index contributed by atoms with van der Waals surface area (Å²) in [5.74, 6) is 1.47. The van der Waals surface area contributed by atoms with E-state index in [2.05, 4.69) is 69.6 Å². The van der Waals surface area contributed by atoms with Gasteiger partial charge in [-0.1, -0.05) is 39.0 Å². The van der Waals surface area contributed by atoms with Crippen LogP contribution in [0.25, 0.3) is 10.9 Å². The normalized spacial score (nSPS) is 13.7. The van der Waals surface area contributed by atoms with E-state index in [0.717, 1.165) is 11.8 Å². The summed E-state index contributed by atoms with van der Waals surface area (Å²) in [6.07, 6.45) is 3.53. The van der Waals surface area contributed by atoms with Crippen LogP contribution in [-0.2, 0) is 6.42 Å². The average molecular weight is 243 g/mol. The first kappa shape index (κ1) is 13.2. The summed E-state index contributed by atoms with van der Waals surface area (Å²) in [5, 5.41) is 1.43. The number of para-hydroxylation sites is 1.